The highest BCUT2D eigenvalue weighted by Crippen LogP contribution is 2.41. The third kappa shape index (κ3) is 3.93. The Morgan fingerprint density at radius 1 is 1.29 bits per heavy atom. The van der Waals surface area contributed by atoms with Crippen LogP contribution >= 0.6 is 0 Å². The van der Waals surface area contributed by atoms with E-state index in [4.69, 9.17) is 11.5 Å². The predicted octanol–water partition coefficient (Wildman–Crippen LogP) is 3.47. The molecule has 2 aliphatic heterocycles. The first-order valence-electron chi connectivity index (χ1n) is 9.13. The van der Waals surface area contributed by atoms with Crippen molar-refractivity contribution >= 4 is 17.6 Å². The molecular weight excluding hydrogens is 371 g/mol. The maximum Gasteiger partial charge on any atom is 0.434 e. The smallest absolute Gasteiger partial charge is 0.403 e. The molecule has 0 saturated carbocycles. The van der Waals surface area contributed by atoms with Gasteiger partial charge in [-0.3, -0.25) is 0 Å². The average Bonchev–Trinajstić information content (AvgIpc) is 2.59. The molecule has 9 heteroatoms. The number of amidine groups is 1. The van der Waals surface area contributed by atoms with Crippen LogP contribution in [-0.4, -0.2) is 35.0 Å². The average molecular weight is 395 g/mol. The number of fused-ring (bicyclic) bond motifs is 2. The van der Waals surface area contributed by atoms with Gasteiger partial charge in [0.25, 0.3) is 0 Å². The first-order chi connectivity index (χ1) is 13.1. The van der Waals surface area contributed by atoms with Crippen LogP contribution in [0, 0.1) is 12.8 Å². The summed E-state index contributed by atoms with van der Waals surface area (Å²) in [7, 11) is 0. The van der Waals surface area contributed by atoms with Crippen LogP contribution < -0.4 is 16.8 Å². The highest BCUT2D eigenvalue weighted by molar-refractivity contribution is 6.01. The van der Waals surface area contributed by atoms with E-state index in [1.54, 1.807) is 19.1 Å². The molecule has 3 atom stereocenters. The van der Waals surface area contributed by atoms with Crippen molar-refractivity contribution in [2.24, 2.45) is 22.4 Å². The van der Waals surface area contributed by atoms with Crippen molar-refractivity contribution in [1.82, 2.24) is 4.90 Å². The number of nitrogens with two attached hydrogens (primary N) is 2. The van der Waals surface area contributed by atoms with Gasteiger partial charge in [0.1, 0.15) is 5.84 Å². The summed E-state index contributed by atoms with van der Waals surface area (Å²) in [6.45, 7) is 3.89. The van der Waals surface area contributed by atoms with Crippen LogP contribution in [0.5, 0.6) is 0 Å². The fraction of sp³-hybridized carbons (Fsp3) is 0.474. The van der Waals surface area contributed by atoms with Crippen LogP contribution in [0.2, 0.25) is 0 Å². The van der Waals surface area contributed by atoms with Crippen LogP contribution in [0.15, 0.2) is 35.1 Å². The second-order valence-electron chi connectivity index (χ2n) is 7.53. The van der Waals surface area contributed by atoms with Gasteiger partial charge in [-0.1, -0.05) is 13.0 Å². The van der Waals surface area contributed by atoms with Crippen molar-refractivity contribution in [2.45, 2.75) is 51.4 Å². The summed E-state index contributed by atoms with van der Waals surface area (Å²) in [5.41, 5.74) is 10.9. The van der Waals surface area contributed by atoms with E-state index >= 15 is 0 Å². The summed E-state index contributed by atoms with van der Waals surface area (Å²) in [5, 5.41) is 2.82. The third-order valence-electron chi connectivity index (χ3n) is 5.37. The lowest BCUT2D eigenvalue weighted by molar-refractivity contribution is -0.0925. The molecule has 1 unspecified atom stereocenters. The lowest BCUT2D eigenvalue weighted by Gasteiger charge is -2.54. The van der Waals surface area contributed by atoms with Gasteiger partial charge in [0, 0.05) is 29.5 Å². The lowest BCUT2D eigenvalue weighted by Crippen LogP contribution is -2.63. The number of amides is 2. The van der Waals surface area contributed by atoms with Crippen LogP contribution in [0.3, 0.4) is 0 Å². The van der Waals surface area contributed by atoms with Gasteiger partial charge in [0.2, 0.25) is 0 Å². The highest BCUT2D eigenvalue weighted by atomic mass is 19.4. The predicted molar refractivity (Wildman–Crippen MR) is 102 cm³/mol. The molecule has 1 aromatic rings. The van der Waals surface area contributed by atoms with E-state index in [9.17, 15) is 18.0 Å². The second-order valence-corrected chi connectivity index (χ2v) is 7.53. The molecule has 0 radical (unpaired) electrons. The van der Waals surface area contributed by atoms with Gasteiger partial charge >= 0.3 is 12.2 Å². The van der Waals surface area contributed by atoms with Gasteiger partial charge in [-0.15, -0.1) is 0 Å². The summed E-state index contributed by atoms with van der Waals surface area (Å²) in [5.74, 6) is 0.297. The number of piperidine rings is 1. The Balaban J connectivity index is 1.77. The molecule has 28 heavy (non-hydrogen) atoms. The van der Waals surface area contributed by atoms with Crippen molar-refractivity contribution in [1.29, 1.82) is 0 Å². The number of carbonyl (C=O) groups is 1. The molecule has 2 bridgehead atoms. The largest absolute Gasteiger partial charge is 0.434 e. The monoisotopic (exact) mass is 395 g/mol. The van der Waals surface area contributed by atoms with Gasteiger partial charge in [0.05, 0.1) is 0 Å². The molecule has 6 nitrogen and oxygen atoms in total. The van der Waals surface area contributed by atoms with Gasteiger partial charge in [-0.25, -0.2) is 9.79 Å². The normalized spacial score (nSPS) is 25.3. The Labute approximate surface area is 161 Å². The number of anilines is 1. The summed E-state index contributed by atoms with van der Waals surface area (Å²) >= 11 is 0. The Bertz CT molecular complexity index is 821. The summed E-state index contributed by atoms with van der Waals surface area (Å²) in [6, 6.07) is 5.20. The number of hydrogen-bond acceptors (Lipinski definition) is 3. The van der Waals surface area contributed by atoms with Gasteiger partial charge in [-0.05, 0) is 49.8 Å². The maximum atomic E-state index is 12.8. The minimum Gasteiger partial charge on any atom is -0.403 e. The number of urea groups is 1. The molecule has 2 heterocycles. The number of nitrogens with zero attached hydrogens (tertiary/aromatic N) is 2. The van der Waals surface area contributed by atoms with Crippen LogP contribution in [-0.2, 0) is 0 Å². The topological polar surface area (TPSA) is 96.7 Å². The molecule has 2 fully saturated rings. The zero-order chi connectivity index (χ0) is 20.6. The van der Waals surface area contributed by atoms with Gasteiger partial charge in [0.15, 0.2) is 5.70 Å². The molecule has 152 valence electrons. The number of allylic oxidation sites excluding steroid dienone is 1. The van der Waals surface area contributed by atoms with Gasteiger partial charge < -0.3 is 21.7 Å². The van der Waals surface area contributed by atoms with Crippen LogP contribution in [0.1, 0.15) is 37.3 Å². The number of aliphatic imine (C=N–C) groups is 1. The molecule has 0 aromatic heterocycles. The number of benzene rings is 1. The van der Waals surface area contributed by atoms with E-state index in [2.05, 4.69) is 17.2 Å². The van der Waals surface area contributed by atoms with Crippen molar-refractivity contribution in [3.05, 3.63) is 41.2 Å². The molecule has 2 aliphatic rings. The third-order valence-corrected chi connectivity index (χ3v) is 5.37. The maximum absolute atomic E-state index is 12.8. The van der Waals surface area contributed by atoms with Crippen molar-refractivity contribution in [3.8, 4) is 0 Å². The minimum atomic E-state index is -4.70. The molecule has 2 amide bonds. The molecule has 2 saturated heterocycles. The molecule has 5 N–H and O–H groups in total. The number of halogens is 3. The second kappa shape index (κ2) is 7.37. The van der Waals surface area contributed by atoms with Crippen molar-refractivity contribution in [3.63, 3.8) is 0 Å². The summed E-state index contributed by atoms with van der Waals surface area (Å²) in [4.78, 5) is 17.9. The van der Waals surface area contributed by atoms with E-state index in [1.165, 1.54) is 6.07 Å². The molecule has 0 aliphatic carbocycles. The first kappa shape index (κ1) is 20.0. The Hall–Kier alpha value is -2.71. The lowest BCUT2D eigenvalue weighted by atomic mass is 9.74. The summed E-state index contributed by atoms with van der Waals surface area (Å²) < 4.78 is 38.5. The fourth-order valence-electron chi connectivity index (χ4n) is 4.03. The van der Waals surface area contributed by atoms with Crippen LogP contribution in [0.25, 0.3) is 0 Å². The molecular formula is C19H24F3N5O. The molecule has 3 rings (SSSR count). The number of alkyl halides is 3. The van der Waals surface area contributed by atoms with E-state index < -0.39 is 11.9 Å². The Kier molecular flexibility index (Phi) is 5.27. The molecule has 1 aromatic carbocycles. The number of nitrogens with one attached hydrogen (secondary N) is 1. The standard InChI is InChI=1S/C19H24F3N5O/c1-10-5-13-8-14(6-10)27(13)18(28)25-12-4-3-11(2)15(7-12)17(24)26-16(9-23)19(20,21)22/h3-4,7,9-10,13-14H,5-6,8,23H2,1-2H3,(H2,24,26)(H,25,28)/b16-9-/t10?,13-,14+. The zero-order valence-electron chi connectivity index (χ0n) is 15.8. The number of carbonyl (C=O) groups excluding carboxylic acids is 1. The van der Waals surface area contributed by atoms with Crippen molar-refractivity contribution < 1.29 is 18.0 Å². The van der Waals surface area contributed by atoms with Crippen LogP contribution in [0.4, 0.5) is 23.7 Å². The first-order valence-corrected chi connectivity index (χ1v) is 9.13. The Morgan fingerprint density at radius 2 is 1.93 bits per heavy atom. The van der Waals surface area contributed by atoms with E-state index in [1.807, 2.05) is 4.90 Å². The van der Waals surface area contributed by atoms with Crippen molar-refractivity contribution in [2.75, 3.05) is 5.32 Å². The Morgan fingerprint density at radius 3 is 2.50 bits per heavy atom. The number of aryl methyl sites for hydroxylation is 1. The van der Waals surface area contributed by atoms with E-state index in [0.717, 1.165) is 19.3 Å². The summed E-state index contributed by atoms with van der Waals surface area (Å²) in [6.07, 6.45) is -1.31. The highest BCUT2D eigenvalue weighted by Gasteiger charge is 2.46. The molecule has 0 spiro atoms. The van der Waals surface area contributed by atoms with E-state index in [0.29, 0.717) is 28.9 Å². The number of hydrogen-bond donors (Lipinski definition) is 3. The van der Waals surface area contributed by atoms with E-state index in [-0.39, 0.29) is 24.0 Å². The van der Waals surface area contributed by atoms with Gasteiger partial charge in [-0.2, -0.15) is 13.2 Å². The zero-order valence-corrected chi connectivity index (χ0v) is 15.8. The fourth-order valence-corrected chi connectivity index (χ4v) is 4.03. The number of rotatable bonds is 3. The SMILES string of the molecule is Cc1ccc(NC(=O)N2[C@@H]3CC(C)C[C@H]2C3)cc1C(N)=N/C(=C\N)C(F)(F)F. The quantitative estimate of drug-likeness (QED) is 0.540. The minimum absolute atomic E-state index is 0.198.